The third-order valence-corrected chi connectivity index (χ3v) is 4.65. The van der Waals surface area contributed by atoms with Crippen LogP contribution in [-0.2, 0) is 42.8 Å². The third kappa shape index (κ3) is 9.72. The molecule has 0 aromatic carbocycles. The van der Waals surface area contributed by atoms with Crippen LogP contribution in [0.25, 0.3) is 0 Å². The zero-order chi connectivity index (χ0) is 28.5. The van der Waals surface area contributed by atoms with Gasteiger partial charge in [0.2, 0.25) is 0 Å². The van der Waals surface area contributed by atoms with Gasteiger partial charge in [0.05, 0.1) is 12.4 Å². The highest BCUT2D eigenvalue weighted by Gasteiger charge is 2.38. The lowest BCUT2D eigenvalue weighted by atomic mass is 10.1. The second kappa shape index (κ2) is 12.9. The fraction of sp³-hybridized carbons (Fsp3) is 0.381. The van der Waals surface area contributed by atoms with Gasteiger partial charge in [-0.1, -0.05) is 5.16 Å². The van der Waals surface area contributed by atoms with Crippen LogP contribution in [0, 0.1) is 0 Å². The maximum absolute atomic E-state index is 10.6. The molecule has 1 aliphatic rings. The smallest absolute Gasteiger partial charge is 0.486 e. The number of rotatable bonds is 5. The van der Waals surface area contributed by atoms with Crippen LogP contribution in [0.1, 0.15) is 22.6 Å². The molecular weight excluding hydrogens is 532 g/mol. The molecule has 3 aromatic heterocycles. The van der Waals surface area contributed by atoms with Crippen molar-refractivity contribution in [2.24, 2.45) is 7.05 Å². The van der Waals surface area contributed by atoms with Crippen LogP contribution in [0.5, 0.6) is 5.75 Å². The Hall–Kier alpha value is -4.15. The monoisotopic (exact) mass is 553 g/mol. The van der Waals surface area contributed by atoms with Crippen LogP contribution in [0.15, 0.2) is 41.4 Å². The van der Waals surface area contributed by atoms with Crippen LogP contribution < -0.4 is 4.74 Å². The molecular formula is C21H21F6N5O6. The summed E-state index contributed by atoms with van der Waals surface area (Å²) in [6.45, 7) is 3.05. The predicted octanol–water partition coefficient (Wildman–Crippen LogP) is 3.21. The zero-order valence-corrected chi connectivity index (χ0v) is 19.5. The Balaban J connectivity index is 0.000000301. The first kappa shape index (κ1) is 30.1. The van der Waals surface area contributed by atoms with E-state index in [0.717, 1.165) is 48.8 Å². The molecule has 0 radical (unpaired) electrons. The second-order valence-corrected chi connectivity index (χ2v) is 7.60. The van der Waals surface area contributed by atoms with Crippen LogP contribution in [0.3, 0.4) is 0 Å². The first-order valence-corrected chi connectivity index (χ1v) is 10.5. The molecule has 2 N–H and O–H groups in total. The summed E-state index contributed by atoms with van der Waals surface area (Å²) in [7, 11) is 1.94. The number of carbonyl (C=O) groups is 2. The normalized spacial score (nSPS) is 13.3. The number of halogens is 6. The second-order valence-electron chi connectivity index (χ2n) is 7.60. The van der Waals surface area contributed by atoms with Crippen molar-refractivity contribution in [2.45, 2.75) is 38.5 Å². The first-order chi connectivity index (χ1) is 17.7. The summed E-state index contributed by atoms with van der Waals surface area (Å²) in [5, 5.41) is 22.7. The lowest BCUT2D eigenvalue weighted by Crippen LogP contribution is -2.29. The van der Waals surface area contributed by atoms with Gasteiger partial charge in [-0.2, -0.15) is 31.4 Å². The average Bonchev–Trinajstić information content (AvgIpc) is 3.43. The van der Waals surface area contributed by atoms with E-state index in [1.165, 1.54) is 5.56 Å². The van der Waals surface area contributed by atoms with Gasteiger partial charge in [0.25, 0.3) is 0 Å². The minimum absolute atomic E-state index is 0.394. The van der Waals surface area contributed by atoms with Gasteiger partial charge < -0.3 is 19.5 Å². The highest BCUT2D eigenvalue weighted by Crippen LogP contribution is 2.24. The molecule has 17 heteroatoms. The number of aliphatic carboxylic acids is 2. The molecule has 0 fully saturated rings. The van der Waals surface area contributed by atoms with E-state index < -0.39 is 24.3 Å². The van der Waals surface area contributed by atoms with Crippen LogP contribution in [0.4, 0.5) is 26.3 Å². The predicted molar refractivity (Wildman–Crippen MR) is 113 cm³/mol. The van der Waals surface area contributed by atoms with Crippen molar-refractivity contribution in [3.63, 3.8) is 0 Å². The molecule has 38 heavy (non-hydrogen) atoms. The molecule has 0 saturated carbocycles. The molecule has 0 atom stereocenters. The minimum atomic E-state index is -5.08. The number of hydrogen-bond acceptors (Lipinski definition) is 8. The molecule has 0 amide bonds. The first-order valence-electron chi connectivity index (χ1n) is 10.5. The number of alkyl halides is 6. The maximum Gasteiger partial charge on any atom is 0.490 e. The summed E-state index contributed by atoms with van der Waals surface area (Å²) in [4.78, 5) is 24.2. The van der Waals surface area contributed by atoms with E-state index in [1.807, 2.05) is 30.1 Å². The lowest BCUT2D eigenvalue weighted by Gasteiger charge is -2.25. The number of carboxylic acid groups (broad SMARTS) is 2. The van der Waals surface area contributed by atoms with Gasteiger partial charge in [0.1, 0.15) is 23.8 Å². The Labute approximate surface area is 210 Å². The van der Waals surface area contributed by atoms with E-state index >= 15 is 0 Å². The number of fused-ring (bicyclic) bond motifs is 1. The van der Waals surface area contributed by atoms with E-state index in [9.17, 15) is 26.3 Å². The van der Waals surface area contributed by atoms with E-state index in [-0.39, 0.29) is 0 Å². The quantitative estimate of drug-likeness (QED) is 0.452. The Kier molecular flexibility index (Phi) is 10.2. The fourth-order valence-corrected chi connectivity index (χ4v) is 2.96. The van der Waals surface area contributed by atoms with E-state index in [2.05, 4.69) is 26.3 Å². The molecule has 4 heterocycles. The van der Waals surface area contributed by atoms with E-state index in [1.54, 1.807) is 12.4 Å². The summed E-state index contributed by atoms with van der Waals surface area (Å²) < 4.78 is 76.5. The van der Waals surface area contributed by atoms with Gasteiger partial charge in [-0.15, -0.1) is 0 Å². The summed E-state index contributed by atoms with van der Waals surface area (Å²) in [6.07, 6.45) is -1.91. The maximum atomic E-state index is 10.6. The van der Waals surface area contributed by atoms with Crippen LogP contribution in [0.2, 0.25) is 0 Å². The molecule has 0 bridgehead atoms. The lowest BCUT2D eigenvalue weighted by molar-refractivity contribution is -0.193. The van der Waals surface area contributed by atoms with Crippen LogP contribution >= 0.6 is 0 Å². The van der Waals surface area contributed by atoms with Gasteiger partial charge in [-0.05, 0) is 12.1 Å². The van der Waals surface area contributed by atoms with Crippen molar-refractivity contribution in [3.8, 4) is 5.75 Å². The number of carboxylic acids is 2. The largest absolute Gasteiger partial charge is 0.490 e. The van der Waals surface area contributed by atoms with Crippen LogP contribution in [-0.4, -0.2) is 65.9 Å². The third-order valence-electron chi connectivity index (χ3n) is 4.65. The van der Waals surface area contributed by atoms with Gasteiger partial charge in [-0.25, -0.2) is 9.59 Å². The summed E-state index contributed by atoms with van der Waals surface area (Å²) in [5.74, 6) is -3.81. The van der Waals surface area contributed by atoms with Gasteiger partial charge >= 0.3 is 24.3 Å². The number of aromatic nitrogens is 4. The molecule has 3 aromatic rings. The Bertz CT molecular complexity index is 1170. The molecule has 0 aliphatic carbocycles. The average molecular weight is 553 g/mol. The molecule has 1 aliphatic heterocycles. The molecule has 4 rings (SSSR count). The highest BCUT2D eigenvalue weighted by atomic mass is 19.4. The number of aryl methyl sites for hydroxylation is 1. The minimum Gasteiger partial charge on any atom is -0.486 e. The van der Waals surface area contributed by atoms with Gasteiger partial charge in [-0.3, -0.25) is 14.6 Å². The summed E-state index contributed by atoms with van der Waals surface area (Å²) in [5.41, 5.74) is 3.23. The van der Waals surface area contributed by atoms with Crippen molar-refractivity contribution < 1.29 is 55.4 Å². The highest BCUT2D eigenvalue weighted by molar-refractivity contribution is 5.73. The molecule has 208 valence electrons. The Morgan fingerprint density at radius 3 is 2.24 bits per heavy atom. The van der Waals surface area contributed by atoms with Crippen molar-refractivity contribution in [3.05, 3.63) is 59.5 Å². The van der Waals surface area contributed by atoms with Crippen molar-refractivity contribution in [2.75, 3.05) is 6.54 Å². The van der Waals surface area contributed by atoms with Crippen molar-refractivity contribution in [1.82, 2.24) is 24.8 Å². The fourth-order valence-electron chi connectivity index (χ4n) is 2.96. The van der Waals surface area contributed by atoms with Crippen molar-refractivity contribution >= 4 is 11.9 Å². The standard InChI is InChI=1S/C17H19N5O2.2C2HF3O2/c1-21-9-13(7-19-21)10-22-6-4-17-15(11-22)16(20-24-17)12-23-14-3-2-5-18-8-14;2*3-2(4,5)1(6)7/h2-3,5,7-9H,4,6,10-12H2,1H3;2*(H,6,7). The number of nitrogens with zero attached hydrogens (tertiary/aromatic N) is 5. The topological polar surface area (TPSA) is 144 Å². The number of ether oxygens (including phenoxy) is 1. The molecule has 0 unspecified atom stereocenters. The Morgan fingerprint density at radius 2 is 1.74 bits per heavy atom. The molecule has 0 spiro atoms. The van der Waals surface area contributed by atoms with Crippen molar-refractivity contribution in [1.29, 1.82) is 0 Å². The number of pyridine rings is 1. The molecule has 11 nitrogen and oxygen atoms in total. The SMILES string of the molecule is Cn1cc(CN2CCc3onc(COc4cccnc4)c3C2)cn1.O=C(O)C(F)(F)F.O=C(O)C(F)(F)F. The van der Waals surface area contributed by atoms with Gasteiger partial charge in [0, 0.05) is 56.6 Å². The summed E-state index contributed by atoms with van der Waals surface area (Å²) in [6, 6.07) is 3.73. The zero-order valence-electron chi connectivity index (χ0n) is 19.5. The number of hydrogen-bond donors (Lipinski definition) is 2. The summed E-state index contributed by atoms with van der Waals surface area (Å²) >= 11 is 0. The molecule has 0 saturated heterocycles. The van der Waals surface area contributed by atoms with Gasteiger partial charge in [0.15, 0.2) is 0 Å². The van der Waals surface area contributed by atoms with E-state index in [0.29, 0.717) is 6.61 Å². The Morgan fingerprint density at radius 1 is 1.11 bits per heavy atom. The van der Waals surface area contributed by atoms with E-state index in [4.69, 9.17) is 29.1 Å².